The van der Waals surface area contributed by atoms with Gasteiger partial charge in [-0.2, -0.15) is 0 Å². The molecule has 1 unspecified atom stereocenters. The van der Waals surface area contributed by atoms with E-state index < -0.39 is 10.8 Å². The van der Waals surface area contributed by atoms with Crippen LogP contribution in [0.1, 0.15) is 24.0 Å². The molecular weight excluding hydrogens is 310 g/mol. The average molecular weight is 329 g/mol. The number of carbonyl (C=O) groups excluding carboxylic acids is 1. The molecule has 0 spiro atoms. The molecule has 1 atom stereocenters. The Morgan fingerprint density at radius 1 is 1.12 bits per heavy atom. The molecule has 0 aliphatic carbocycles. The van der Waals surface area contributed by atoms with Gasteiger partial charge in [0.1, 0.15) is 5.75 Å². The molecule has 2 aromatic rings. The van der Waals surface area contributed by atoms with E-state index in [9.17, 15) is 14.9 Å². The fraction of sp³-hybridized carbons (Fsp3) is 0.278. The number of hydrogen-bond donors (Lipinski definition) is 0. The van der Waals surface area contributed by atoms with Gasteiger partial charge in [0.15, 0.2) is 0 Å². The summed E-state index contributed by atoms with van der Waals surface area (Å²) in [4.78, 5) is 22.6. The largest absolute Gasteiger partial charge is 0.497 e. The molecule has 0 radical (unpaired) electrons. The molecule has 0 heterocycles. The Kier molecular flexibility index (Phi) is 5.89. The van der Waals surface area contributed by atoms with Crippen molar-refractivity contribution < 1.29 is 19.2 Å². The van der Waals surface area contributed by atoms with Crippen LogP contribution < -0.4 is 4.74 Å². The summed E-state index contributed by atoms with van der Waals surface area (Å²) in [6.45, 7) is 2.06. The molecule has 0 saturated heterocycles. The number of benzene rings is 2. The molecule has 0 bridgehead atoms. The van der Waals surface area contributed by atoms with Crippen molar-refractivity contribution in [1.82, 2.24) is 0 Å². The first-order valence-corrected chi connectivity index (χ1v) is 7.59. The topological polar surface area (TPSA) is 78.7 Å². The van der Waals surface area contributed by atoms with Gasteiger partial charge in [0.2, 0.25) is 0 Å². The van der Waals surface area contributed by atoms with Crippen LogP contribution in [0.15, 0.2) is 48.5 Å². The lowest BCUT2D eigenvalue weighted by Gasteiger charge is -2.16. The fourth-order valence-corrected chi connectivity index (χ4v) is 2.41. The second kappa shape index (κ2) is 8.10. The van der Waals surface area contributed by atoms with Gasteiger partial charge in [-0.25, -0.2) is 0 Å². The standard InChI is InChI=1S/C18H19NO5/c1-3-24-18(20)17(14-6-10-16(23-2)11-7-14)12-13-4-8-15(9-5-13)19(21)22/h4-11,17H,3,12H2,1-2H3. The lowest BCUT2D eigenvalue weighted by atomic mass is 9.92. The molecule has 0 amide bonds. The van der Waals surface area contributed by atoms with Crippen molar-refractivity contribution in [3.8, 4) is 5.75 Å². The van der Waals surface area contributed by atoms with Crippen molar-refractivity contribution in [2.24, 2.45) is 0 Å². The van der Waals surface area contributed by atoms with Crippen LogP contribution in [0.4, 0.5) is 5.69 Å². The summed E-state index contributed by atoms with van der Waals surface area (Å²) in [5.74, 6) is -0.0879. The molecule has 0 aromatic heterocycles. The predicted octanol–water partition coefficient (Wildman–Crippen LogP) is 3.49. The van der Waals surface area contributed by atoms with Crippen LogP contribution in [-0.2, 0) is 16.0 Å². The minimum Gasteiger partial charge on any atom is -0.497 e. The van der Waals surface area contributed by atoms with E-state index >= 15 is 0 Å². The van der Waals surface area contributed by atoms with Gasteiger partial charge in [-0.15, -0.1) is 0 Å². The second-order valence-electron chi connectivity index (χ2n) is 5.21. The Morgan fingerprint density at radius 2 is 1.75 bits per heavy atom. The number of methoxy groups -OCH3 is 1. The van der Waals surface area contributed by atoms with Crippen LogP contribution in [0, 0.1) is 10.1 Å². The van der Waals surface area contributed by atoms with Gasteiger partial charge in [0.05, 0.1) is 24.6 Å². The smallest absolute Gasteiger partial charge is 0.313 e. The van der Waals surface area contributed by atoms with Gasteiger partial charge < -0.3 is 9.47 Å². The van der Waals surface area contributed by atoms with Gasteiger partial charge in [-0.1, -0.05) is 24.3 Å². The summed E-state index contributed by atoms with van der Waals surface area (Å²) in [6.07, 6.45) is 0.406. The number of hydrogen-bond acceptors (Lipinski definition) is 5. The van der Waals surface area contributed by atoms with E-state index in [1.54, 1.807) is 38.3 Å². The summed E-state index contributed by atoms with van der Waals surface area (Å²) >= 11 is 0. The van der Waals surface area contributed by atoms with E-state index in [0.29, 0.717) is 18.8 Å². The Balaban J connectivity index is 2.25. The van der Waals surface area contributed by atoms with Crippen molar-refractivity contribution in [1.29, 1.82) is 0 Å². The van der Waals surface area contributed by atoms with E-state index in [4.69, 9.17) is 9.47 Å². The Hall–Kier alpha value is -2.89. The third-order valence-corrected chi connectivity index (χ3v) is 3.68. The lowest BCUT2D eigenvalue weighted by Crippen LogP contribution is -2.18. The highest BCUT2D eigenvalue weighted by Crippen LogP contribution is 2.25. The zero-order chi connectivity index (χ0) is 17.5. The molecule has 0 aliphatic heterocycles. The number of nitro benzene ring substituents is 1. The maximum atomic E-state index is 12.3. The van der Waals surface area contributed by atoms with E-state index in [0.717, 1.165) is 11.1 Å². The molecular formula is C18H19NO5. The minimum atomic E-state index is -0.475. The van der Waals surface area contributed by atoms with Crippen LogP contribution in [-0.4, -0.2) is 24.6 Å². The zero-order valence-corrected chi connectivity index (χ0v) is 13.6. The highest BCUT2D eigenvalue weighted by molar-refractivity contribution is 5.78. The maximum Gasteiger partial charge on any atom is 0.313 e. The van der Waals surface area contributed by atoms with E-state index in [1.807, 2.05) is 12.1 Å². The average Bonchev–Trinajstić information content (AvgIpc) is 2.60. The minimum absolute atomic E-state index is 0.0240. The quantitative estimate of drug-likeness (QED) is 0.441. The molecule has 2 rings (SSSR count). The Bertz CT molecular complexity index is 694. The van der Waals surface area contributed by atoms with Gasteiger partial charge in [-0.05, 0) is 36.6 Å². The number of ether oxygens (including phenoxy) is 2. The summed E-state index contributed by atoms with van der Waals surface area (Å²) in [6, 6.07) is 13.4. The molecule has 126 valence electrons. The maximum absolute atomic E-state index is 12.3. The first-order chi connectivity index (χ1) is 11.5. The molecule has 6 nitrogen and oxygen atoms in total. The molecule has 6 heteroatoms. The molecule has 2 aromatic carbocycles. The fourth-order valence-electron chi connectivity index (χ4n) is 2.41. The first-order valence-electron chi connectivity index (χ1n) is 7.59. The lowest BCUT2D eigenvalue weighted by molar-refractivity contribution is -0.384. The van der Waals surface area contributed by atoms with Crippen LogP contribution in [0.3, 0.4) is 0 Å². The van der Waals surface area contributed by atoms with Crippen LogP contribution in [0.25, 0.3) is 0 Å². The van der Waals surface area contributed by atoms with Crippen LogP contribution in [0.5, 0.6) is 5.75 Å². The highest BCUT2D eigenvalue weighted by Gasteiger charge is 2.23. The van der Waals surface area contributed by atoms with E-state index in [-0.39, 0.29) is 11.7 Å². The number of nitrogens with zero attached hydrogens (tertiary/aromatic N) is 1. The second-order valence-corrected chi connectivity index (χ2v) is 5.21. The van der Waals surface area contributed by atoms with Crippen molar-refractivity contribution in [2.45, 2.75) is 19.3 Å². The van der Waals surface area contributed by atoms with Crippen molar-refractivity contribution in [2.75, 3.05) is 13.7 Å². The summed E-state index contributed by atoms with van der Waals surface area (Å²) in [5, 5.41) is 10.7. The molecule has 0 fully saturated rings. The van der Waals surface area contributed by atoms with Crippen molar-refractivity contribution in [3.05, 3.63) is 69.8 Å². The molecule has 0 N–H and O–H groups in total. The third-order valence-electron chi connectivity index (χ3n) is 3.68. The number of carbonyl (C=O) groups is 1. The normalized spacial score (nSPS) is 11.6. The molecule has 24 heavy (non-hydrogen) atoms. The van der Waals surface area contributed by atoms with Gasteiger partial charge in [0.25, 0.3) is 5.69 Å². The summed E-state index contributed by atoms with van der Waals surface area (Å²) < 4.78 is 10.3. The van der Waals surface area contributed by atoms with Gasteiger partial charge in [-0.3, -0.25) is 14.9 Å². The van der Waals surface area contributed by atoms with Crippen molar-refractivity contribution >= 4 is 11.7 Å². The van der Waals surface area contributed by atoms with E-state index in [2.05, 4.69) is 0 Å². The van der Waals surface area contributed by atoms with Gasteiger partial charge >= 0.3 is 5.97 Å². The molecule has 0 aliphatic rings. The number of non-ortho nitro benzene ring substituents is 1. The monoisotopic (exact) mass is 329 g/mol. The predicted molar refractivity (Wildman–Crippen MR) is 89.2 cm³/mol. The van der Waals surface area contributed by atoms with E-state index in [1.165, 1.54) is 12.1 Å². The first kappa shape index (κ1) is 17.5. The zero-order valence-electron chi connectivity index (χ0n) is 13.6. The van der Waals surface area contributed by atoms with Crippen LogP contribution >= 0.6 is 0 Å². The summed E-state index contributed by atoms with van der Waals surface area (Å²) in [7, 11) is 1.58. The number of nitro groups is 1. The third kappa shape index (κ3) is 4.32. The highest BCUT2D eigenvalue weighted by atomic mass is 16.6. The number of rotatable bonds is 7. The van der Waals surface area contributed by atoms with Crippen LogP contribution in [0.2, 0.25) is 0 Å². The van der Waals surface area contributed by atoms with Crippen molar-refractivity contribution in [3.63, 3.8) is 0 Å². The molecule has 0 saturated carbocycles. The number of esters is 1. The summed E-state index contributed by atoms with van der Waals surface area (Å²) in [5.41, 5.74) is 1.66. The SMILES string of the molecule is CCOC(=O)C(Cc1ccc([N+](=O)[O-])cc1)c1ccc(OC)cc1. The van der Waals surface area contributed by atoms with Gasteiger partial charge in [0, 0.05) is 12.1 Å². The Morgan fingerprint density at radius 3 is 2.25 bits per heavy atom. The Labute approximate surface area is 140 Å².